The SMILES string of the molecule is CC(c1ccccc1)C(O)CSc1n[nH]c(-c2ccncc2)n1. The van der Waals surface area contributed by atoms with E-state index in [1.807, 2.05) is 49.4 Å². The van der Waals surface area contributed by atoms with Gasteiger partial charge in [-0.1, -0.05) is 49.0 Å². The summed E-state index contributed by atoms with van der Waals surface area (Å²) in [5.74, 6) is 1.33. The third-order valence-corrected chi connectivity index (χ3v) is 4.65. The minimum Gasteiger partial charge on any atom is -0.392 e. The van der Waals surface area contributed by atoms with Crippen LogP contribution in [0.25, 0.3) is 11.4 Å². The molecule has 0 fully saturated rings. The Morgan fingerprint density at radius 2 is 1.87 bits per heavy atom. The summed E-state index contributed by atoms with van der Waals surface area (Å²) in [5, 5.41) is 18.1. The standard InChI is InChI=1S/C17H18N4OS/c1-12(13-5-3-2-4-6-13)15(22)11-23-17-19-16(20-21-17)14-7-9-18-10-8-14/h2-10,12,15,22H,11H2,1H3,(H,19,20,21). The molecule has 0 saturated heterocycles. The van der Waals surface area contributed by atoms with E-state index in [1.165, 1.54) is 11.8 Å². The van der Waals surface area contributed by atoms with Crippen molar-refractivity contribution in [3.05, 3.63) is 60.4 Å². The van der Waals surface area contributed by atoms with Gasteiger partial charge in [0.05, 0.1) is 6.10 Å². The minimum absolute atomic E-state index is 0.0716. The Morgan fingerprint density at radius 3 is 2.61 bits per heavy atom. The summed E-state index contributed by atoms with van der Waals surface area (Å²) in [6.07, 6.45) is 2.98. The lowest BCUT2D eigenvalue weighted by Crippen LogP contribution is -2.18. The summed E-state index contributed by atoms with van der Waals surface area (Å²) in [6, 6.07) is 13.8. The predicted molar refractivity (Wildman–Crippen MR) is 91.2 cm³/mol. The van der Waals surface area contributed by atoms with Crippen molar-refractivity contribution < 1.29 is 5.11 Å². The molecule has 5 nitrogen and oxygen atoms in total. The van der Waals surface area contributed by atoms with E-state index in [4.69, 9.17) is 0 Å². The van der Waals surface area contributed by atoms with E-state index < -0.39 is 6.10 Å². The lowest BCUT2D eigenvalue weighted by atomic mass is 9.97. The number of aromatic nitrogens is 4. The van der Waals surface area contributed by atoms with Crippen LogP contribution in [-0.4, -0.2) is 37.1 Å². The molecule has 2 unspecified atom stereocenters. The summed E-state index contributed by atoms with van der Waals surface area (Å²) in [7, 11) is 0. The molecule has 0 aliphatic heterocycles. The fraction of sp³-hybridized carbons (Fsp3) is 0.235. The quantitative estimate of drug-likeness (QED) is 0.681. The number of rotatable bonds is 6. The molecule has 0 saturated carbocycles. The monoisotopic (exact) mass is 326 g/mol. The van der Waals surface area contributed by atoms with E-state index in [-0.39, 0.29) is 5.92 Å². The summed E-state index contributed by atoms with van der Waals surface area (Å²) in [6.45, 7) is 2.03. The van der Waals surface area contributed by atoms with Crippen LogP contribution in [0.3, 0.4) is 0 Å². The van der Waals surface area contributed by atoms with Crippen LogP contribution in [0.4, 0.5) is 0 Å². The molecule has 0 aliphatic rings. The number of benzene rings is 1. The molecule has 3 aromatic rings. The van der Waals surface area contributed by atoms with E-state index in [0.717, 1.165) is 11.1 Å². The molecule has 0 bridgehead atoms. The number of hydrogen-bond donors (Lipinski definition) is 2. The van der Waals surface area contributed by atoms with E-state index in [1.54, 1.807) is 12.4 Å². The van der Waals surface area contributed by atoms with Crippen molar-refractivity contribution in [1.29, 1.82) is 0 Å². The van der Waals surface area contributed by atoms with Gasteiger partial charge in [0, 0.05) is 29.6 Å². The number of aliphatic hydroxyl groups excluding tert-OH is 1. The summed E-state index contributed by atoms with van der Waals surface area (Å²) in [4.78, 5) is 8.43. The number of H-pyrrole nitrogens is 1. The fourth-order valence-corrected chi connectivity index (χ4v) is 3.11. The van der Waals surface area contributed by atoms with Crippen LogP contribution < -0.4 is 0 Å². The molecule has 118 valence electrons. The first-order valence-corrected chi connectivity index (χ1v) is 8.41. The zero-order valence-electron chi connectivity index (χ0n) is 12.8. The third-order valence-electron chi connectivity index (χ3n) is 3.70. The number of pyridine rings is 1. The summed E-state index contributed by atoms with van der Waals surface area (Å²) in [5.41, 5.74) is 2.07. The van der Waals surface area contributed by atoms with Gasteiger partial charge < -0.3 is 5.11 Å². The Hall–Kier alpha value is -2.18. The van der Waals surface area contributed by atoms with Gasteiger partial charge in [-0.25, -0.2) is 4.98 Å². The number of nitrogens with one attached hydrogen (secondary N) is 1. The molecular formula is C17H18N4OS. The van der Waals surface area contributed by atoms with Crippen LogP contribution in [0, 0.1) is 0 Å². The van der Waals surface area contributed by atoms with Crippen LogP contribution in [0.5, 0.6) is 0 Å². The molecule has 0 aliphatic carbocycles. The highest BCUT2D eigenvalue weighted by molar-refractivity contribution is 7.99. The van der Waals surface area contributed by atoms with Gasteiger partial charge in [-0.15, -0.1) is 5.10 Å². The Labute approximate surface area is 139 Å². The lowest BCUT2D eigenvalue weighted by Gasteiger charge is -2.18. The molecule has 6 heteroatoms. The zero-order chi connectivity index (χ0) is 16.1. The van der Waals surface area contributed by atoms with Crippen LogP contribution in [-0.2, 0) is 0 Å². The van der Waals surface area contributed by atoms with Gasteiger partial charge in [-0.2, -0.15) is 0 Å². The molecule has 2 atom stereocenters. The topological polar surface area (TPSA) is 74.7 Å². The predicted octanol–water partition coefficient (Wildman–Crippen LogP) is 3.12. The second-order valence-electron chi connectivity index (χ2n) is 5.28. The number of nitrogens with zero attached hydrogens (tertiary/aromatic N) is 3. The number of aliphatic hydroxyl groups is 1. The second kappa shape index (κ2) is 7.39. The maximum atomic E-state index is 10.4. The molecule has 0 amide bonds. The van der Waals surface area contributed by atoms with Gasteiger partial charge in [0.25, 0.3) is 0 Å². The Morgan fingerprint density at radius 1 is 1.13 bits per heavy atom. The average Bonchev–Trinajstić information content (AvgIpc) is 3.09. The van der Waals surface area contributed by atoms with E-state index in [0.29, 0.717) is 16.7 Å². The average molecular weight is 326 g/mol. The van der Waals surface area contributed by atoms with Gasteiger partial charge in [-0.3, -0.25) is 10.1 Å². The summed E-state index contributed by atoms with van der Waals surface area (Å²) < 4.78 is 0. The number of hydrogen-bond acceptors (Lipinski definition) is 5. The van der Waals surface area contributed by atoms with E-state index in [9.17, 15) is 5.11 Å². The zero-order valence-corrected chi connectivity index (χ0v) is 13.6. The highest BCUT2D eigenvalue weighted by Gasteiger charge is 2.17. The van der Waals surface area contributed by atoms with Crippen molar-refractivity contribution in [2.24, 2.45) is 0 Å². The van der Waals surface area contributed by atoms with Crippen LogP contribution in [0.15, 0.2) is 60.0 Å². The smallest absolute Gasteiger partial charge is 0.208 e. The minimum atomic E-state index is -0.453. The first-order valence-electron chi connectivity index (χ1n) is 7.42. The van der Waals surface area contributed by atoms with Gasteiger partial charge in [0.15, 0.2) is 5.82 Å². The largest absolute Gasteiger partial charge is 0.392 e. The number of thioether (sulfide) groups is 1. The van der Waals surface area contributed by atoms with E-state index in [2.05, 4.69) is 20.2 Å². The summed E-state index contributed by atoms with van der Waals surface area (Å²) >= 11 is 1.45. The first kappa shape index (κ1) is 15.7. The highest BCUT2D eigenvalue weighted by atomic mass is 32.2. The lowest BCUT2D eigenvalue weighted by molar-refractivity contribution is 0.173. The molecular weight excluding hydrogens is 308 g/mol. The van der Waals surface area contributed by atoms with E-state index >= 15 is 0 Å². The molecule has 0 radical (unpaired) electrons. The maximum absolute atomic E-state index is 10.4. The van der Waals surface area contributed by atoms with Crippen molar-refractivity contribution in [2.45, 2.75) is 24.1 Å². The van der Waals surface area contributed by atoms with Gasteiger partial charge >= 0.3 is 0 Å². The molecule has 0 spiro atoms. The van der Waals surface area contributed by atoms with Crippen LogP contribution in [0.1, 0.15) is 18.4 Å². The highest BCUT2D eigenvalue weighted by Crippen LogP contribution is 2.25. The number of aromatic amines is 1. The Balaban J connectivity index is 1.59. The van der Waals surface area contributed by atoms with Crippen LogP contribution in [0.2, 0.25) is 0 Å². The third kappa shape index (κ3) is 3.97. The molecule has 2 N–H and O–H groups in total. The van der Waals surface area contributed by atoms with Crippen LogP contribution >= 0.6 is 11.8 Å². The fourth-order valence-electron chi connectivity index (χ4n) is 2.23. The Bertz CT molecular complexity index is 733. The maximum Gasteiger partial charge on any atom is 0.208 e. The van der Waals surface area contributed by atoms with Crippen molar-refractivity contribution in [2.75, 3.05) is 5.75 Å². The first-order chi connectivity index (χ1) is 11.2. The molecule has 1 aromatic carbocycles. The van der Waals surface area contributed by atoms with Crippen molar-refractivity contribution in [3.63, 3.8) is 0 Å². The van der Waals surface area contributed by atoms with Gasteiger partial charge in [0.2, 0.25) is 5.16 Å². The van der Waals surface area contributed by atoms with Crippen molar-refractivity contribution in [3.8, 4) is 11.4 Å². The Kier molecular flexibility index (Phi) is 5.05. The second-order valence-corrected chi connectivity index (χ2v) is 6.27. The molecule has 2 aromatic heterocycles. The van der Waals surface area contributed by atoms with Gasteiger partial charge in [-0.05, 0) is 17.7 Å². The normalized spacial score (nSPS) is 13.7. The molecule has 2 heterocycles. The van der Waals surface area contributed by atoms with Crippen molar-refractivity contribution in [1.82, 2.24) is 20.2 Å². The van der Waals surface area contributed by atoms with Gasteiger partial charge in [0.1, 0.15) is 0 Å². The molecule has 23 heavy (non-hydrogen) atoms. The molecule has 3 rings (SSSR count). The van der Waals surface area contributed by atoms with Crippen molar-refractivity contribution >= 4 is 11.8 Å².